The van der Waals surface area contributed by atoms with Crippen molar-refractivity contribution in [3.63, 3.8) is 0 Å². The minimum atomic E-state index is -1.18. The average molecular weight is 366 g/mol. The van der Waals surface area contributed by atoms with Crippen LogP contribution < -0.4 is 4.90 Å². The van der Waals surface area contributed by atoms with Crippen LogP contribution in [0.25, 0.3) is 0 Å². The van der Waals surface area contributed by atoms with Crippen molar-refractivity contribution in [2.75, 3.05) is 11.5 Å². The van der Waals surface area contributed by atoms with Crippen LogP contribution in [0, 0.1) is 0 Å². The molecule has 1 aliphatic heterocycles. The molecule has 1 aliphatic rings. The third kappa shape index (κ3) is 3.24. The summed E-state index contributed by atoms with van der Waals surface area (Å²) in [5, 5.41) is 10.6. The van der Waals surface area contributed by atoms with E-state index < -0.39 is 18.1 Å². The number of hydrogen-bond acceptors (Lipinski definition) is 3. The highest BCUT2D eigenvalue weighted by atomic mass is 35.5. The highest BCUT2D eigenvalue weighted by Crippen LogP contribution is 2.35. The number of carbonyl (C=O) groups is 2. The number of benzene rings is 2. The molecule has 0 spiro atoms. The molecule has 5 nitrogen and oxygen atoms in total. The van der Waals surface area contributed by atoms with Gasteiger partial charge in [-0.15, -0.1) is 0 Å². The molecule has 3 rings (SSSR count). The monoisotopic (exact) mass is 365 g/mol. The Morgan fingerprint density at radius 3 is 2.12 bits per heavy atom. The van der Waals surface area contributed by atoms with Crippen LogP contribution in [0.15, 0.2) is 48.5 Å². The van der Waals surface area contributed by atoms with Gasteiger partial charge in [-0.2, -0.15) is 0 Å². The van der Waals surface area contributed by atoms with Gasteiger partial charge in [0, 0.05) is 15.7 Å². The third-order valence-corrected chi connectivity index (χ3v) is 4.28. The van der Waals surface area contributed by atoms with Crippen molar-refractivity contribution in [3.8, 4) is 0 Å². The summed E-state index contributed by atoms with van der Waals surface area (Å²) in [5.41, 5.74) is 1.17. The summed E-state index contributed by atoms with van der Waals surface area (Å²) in [6.07, 6.45) is -1.18. The van der Waals surface area contributed by atoms with E-state index in [1.54, 1.807) is 48.5 Å². The number of carboxylic acid groups (broad SMARTS) is 1. The SMILES string of the molecule is O=C(O)[C@@H]1OCC(=O)N(c2ccc(Cl)cc2)[C@@H]1c1ccc(Cl)cc1. The van der Waals surface area contributed by atoms with Crippen LogP contribution in [0.4, 0.5) is 5.69 Å². The number of aliphatic carboxylic acids is 1. The van der Waals surface area contributed by atoms with E-state index in [0.29, 0.717) is 21.3 Å². The lowest BCUT2D eigenvalue weighted by atomic mass is 9.97. The van der Waals surface area contributed by atoms with Gasteiger partial charge in [-0.05, 0) is 42.0 Å². The van der Waals surface area contributed by atoms with Crippen molar-refractivity contribution >= 4 is 40.8 Å². The van der Waals surface area contributed by atoms with E-state index in [9.17, 15) is 14.7 Å². The summed E-state index contributed by atoms with van der Waals surface area (Å²) >= 11 is 11.8. The van der Waals surface area contributed by atoms with Gasteiger partial charge in [0.1, 0.15) is 6.61 Å². The Labute approximate surface area is 148 Å². The Bertz CT molecular complexity index is 761. The maximum absolute atomic E-state index is 12.4. The smallest absolute Gasteiger partial charge is 0.335 e. The predicted molar refractivity (Wildman–Crippen MR) is 90.5 cm³/mol. The van der Waals surface area contributed by atoms with Crippen LogP contribution in [-0.4, -0.2) is 29.7 Å². The van der Waals surface area contributed by atoms with Gasteiger partial charge in [0.2, 0.25) is 0 Å². The van der Waals surface area contributed by atoms with Crippen LogP contribution in [0.3, 0.4) is 0 Å². The molecule has 1 amide bonds. The normalized spacial score (nSPS) is 20.9. The molecular formula is C17H13Cl2NO4. The quantitative estimate of drug-likeness (QED) is 0.902. The molecule has 1 saturated heterocycles. The van der Waals surface area contributed by atoms with Crippen LogP contribution in [0.1, 0.15) is 11.6 Å². The topological polar surface area (TPSA) is 66.8 Å². The van der Waals surface area contributed by atoms with Gasteiger partial charge >= 0.3 is 5.97 Å². The molecule has 7 heteroatoms. The average Bonchev–Trinajstić information content (AvgIpc) is 2.56. The zero-order valence-corrected chi connectivity index (χ0v) is 13.9. The van der Waals surface area contributed by atoms with Crippen LogP contribution in [0.5, 0.6) is 0 Å². The first kappa shape index (κ1) is 16.8. The van der Waals surface area contributed by atoms with Gasteiger partial charge in [-0.1, -0.05) is 35.3 Å². The minimum Gasteiger partial charge on any atom is -0.479 e. The zero-order chi connectivity index (χ0) is 17.3. The van der Waals surface area contributed by atoms with E-state index in [2.05, 4.69) is 0 Å². The molecule has 0 aromatic heterocycles. The summed E-state index contributed by atoms with van der Waals surface area (Å²) in [5.74, 6) is -1.46. The van der Waals surface area contributed by atoms with Gasteiger partial charge < -0.3 is 9.84 Å². The summed E-state index contributed by atoms with van der Waals surface area (Å²) in [4.78, 5) is 25.5. The Balaban J connectivity index is 2.09. The predicted octanol–water partition coefficient (Wildman–Crippen LogP) is 3.55. The van der Waals surface area contributed by atoms with Crippen molar-refractivity contribution in [1.82, 2.24) is 0 Å². The van der Waals surface area contributed by atoms with Gasteiger partial charge in [0.15, 0.2) is 6.10 Å². The van der Waals surface area contributed by atoms with Crippen molar-refractivity contribution < 1.29 is 19.4 Å². The number of ether oxygens (including phenoxy) is 1. The van der Waals surface area contributed by atoms with Crippen LogP contribution in [0.2, 0.25) is 10.0 Å². The van der Waals surface area contributed by atoms with Gasteiger partial charge in [0.05, 0.1) is 6.04 Å². The number of halogens is 2. The van der Waals surface area contributed by atoms with E-state index in [0.717, 1.165) is 0 Å². The molecule has 1 N–H and O–H groups in total. The van der Waals surface area contributed by atoms with Crippen molar-refractivity contribution in [2.45, 2.75) is 12.1 Å². The molecule has 2 aromatic carbocycles. The molecule has 124 valence electrons. The lowest BCUT2D eigenvalue weighted by molar-refractivity contribution is -0.157. The molecule has 0 radical (unpaired) electrons. The molecule has 1 heterocycles. The van der Waals surface area contributed by atoms with Crippen molar-refractivity contribution in [2.24, 2.45) is 0 Å². The fraction of sp³-hybridized carbons (Fsp3) is 0.176. The molecular weight excluding hydrogens is 353 g/mol. The second-order valence-electron chi connectivity index (χ2n) is 5.31. The second-order valence-corrected chi connectivity index (χ2v) is 6.18. The molecule has 2 aromatic rings. The summed E-state index contributed by atoms with van der Waals surface area (Å²) < 4.78 is 5.27. The molecule has 0 bridgehead atoms. The molecule has 0 aliphatic carbocycles. The van der Waals surface area contributed by atoms with E-state index in [1.807, 2.05) is 0 Å². The first-order chi connectivity index (χ1) is 11.5. The van der Waals surface area contributed by atoms with Crippen LogP contribution >= 0.6 is 23.2 Å². The molecule has 0 saturated carbocycles. The number of amides is 1. The number of rotatable bonds is 3. The Morgan fingerprint density at radius 1 is 1.04 bits per heavy atom. The molecule has 0 unspecified atom stereocenters. The number of morpholine rings is 1. The lowest BCUT2D eigenvalue weighted by Gasteiger charge is -2.39. The Hall–Kier alpha value is -2.08. The van der Waals surface area contributed by atoms with E-state index in [-0.39, 0.29) is 12.5 Å². The second kappa shape index (κ2) is 6.81. The molecule has 1 fully saturated rings. The summed E-state index contributed by atoms with van der Waals surface area (Å²) in [6, 6.07) is 12.5. The highest BCUT2D eigenvalue weighted by Gasteiger charge is 2.42. The van der Waals surface area contributed by atoms with E-state index >= 15 is 0 Å². The van der Waals surface area contributed by atoms with Gasteiger partial charge in [-0.3, -0.25) is 9.69 Å². The van der Waals surface area contributed by atoms with Crippen LogP contribution in [-0.2, 0) is 14.3 Å². The summed E-state index contributed by atoms with van der Waals surface area (Å²) in [7, 11) is 0. The van der Waals surface area contributed by atoms with Gasteiger partial charge in [-0.25, -0.2) is 4.79 Å². The van der Waals surface area contributed by atoms with Crippen molar-refractivity contribution in [1.29, 1.82) is 0 Å². The van der Waals surface area contributed by atoms with Crippen molar-refractivity contribution in [3.05, 3.63) is 64.1 Å². The number of anilines is 1. The highest BCUT2D eigenvalue weighted by molar-refractivity contribution is 6.30. The molecule has 2 atom stereocenters. The maximum atomic E-state index is 12.4. The minimum absolute atomic E-state index is 0.302. The Morgan fingerprint density at radius 2 is 1.58 bits per heavy atom. The third-order valence-electron chi connectivity index (χ3n) is 3.78. The number of carboxylic acids is 1. The van der Waals surface area contributed by atoms with E-state index in [1.165, 1.54) is 4.90 Å². The largest absolute Gasteiger partial charge is 0.479 e. The zero-order valence-electron chi connectivity index (χ0n) is 12.4. The molecule has 24 heavy (non-hydrogen) atoms. The lowest BCUT2D eigenvalue weighted by Crippen LogP contribution is -2.52. The standard InChI is InChI=1S/C17H13Cl2NO4/c18-11-3-1-10(2-4-11)15-16(17(22)23)24-9-14(21)20(15)13-7-5-12(19)6-8-13/h1-8,15-16H,9H2,(H,22,23)/t15-,16-/m1/s1. The Kier molecular flexibility index (Phi) is 4.76. The number of hydrogen-bond donors (Lipinski definition) is 1. The maximum Gasteiger partial charge on any atom is 0.335 e. The fourth-order valence-electron chi connectivity index (χ4n) is 2.71. The number of nitrogens with zero attached hydrogens (tertiary/aromatic N) is 1. The summed E-state index contributed by atoms with van der Waals surface area (Å²) in [6.45, 7) is -0.302. The van der Waals surface area contributed by atoms with E-state index in [4.69, 9.17) is 27.9 Å². The first-order valence-corrected chi connectivity index (χ1v) is 7.90. The fourth-order valence-corrected chi connectivity index (χ4v) is 2.96. The first-order valence-electron chi connectivity index (χ1n) is 7.15. The van der Waals surface area contributed by atoms with Gasteiger partial charge in [0.25, 0.3) is 5.91 Å². The number of carbonyl (C=O) groups excluding carboxylic acids is 1.